The number of hydrogen-bond acceptors (Lipinski definition) is 3. The number of rotatable bonds is 3. The first kappa shape index (κ1) is 14.5. The van der Waals surface area contributed by atoms with Crippen LogP contribution in [0, 0.1) is 5.92 Å². The predicted octanol–water partition coefficient (Wildman–Crippen LogP) is 1.91. The van der Waals surface area contributed by atoms with Crippen molar-refractivity contribution >= 4 is 5.91 Å². The topological polar surface area (TPSA) is 66.6 Å². The Morgan fingerprint density at radius 1 is 1.33 bits per heavy atom. The molecule has 4 nitrogen and oxygen atoms in total. The van der Waals surface area contributed by atoms with Gasteiger partial charge in [-0.3, -0.25) is 9.69 Å². The molecule has 0 spiro atoms. The Balaban J connectivity index is 1.71. The molecule has 0 radical (unpaired) electrons. The first-order chi connectivity index (χ1) is 10.1. The molecule has 2 unspecified atom stereocenters. The van der Waals surface area contributed by atoms with Crippen LogP contribution in [0.1, 0.15) is 48.0 Å². The standard InChI is InChI=1S/C17H24N2O2/c18-16(20)15-7-2-1-5-13(15)11-19-10-9-17(21)8-4-3-6-14(17)12-19/h1-2,5,7,14,21H,3-4,6,8-12H2,(H2,18,20). The summed E-state index contributed by atoms with van der Waals surface area (Å²) in [5, 5.41) is 10.7. The Kier molecular flexibility index (Phi) is 4.00. The van der Waals surface area contributed by atoms with Gasteiger partial charge in [-0.05, 0) is 30.9 Å². The second-order valence-corrected chi connectivity index (χ2v) is 6.55. The van der Waals surface area contributed by atoms with Gasteiger partial charge in [0, 0.05) is 31.1 Å². The normalized spacial score (nSPS) is 29.9. The number of nitrogens with zero attached hydrogens (tertiary/aromatic N) is 1. The number of nitrogens with two attached hydrogens (primary N) is 1. The van der Waals surface area contributed by atoms with Gasteiger partial charge < -0.3 is 10.8 Å². The molecule has 1 heterocycles. The van der Waals surface area contributed by atoms with E-state index in [1.165, 1.54) is 6.42 Å². The number of hydrogen-bond donors (Lipinski definition) is 2. The molecule has 0 bridgehead atoms. The number of amides is 1. The van der Waals surface area contributed by atoms with Crippen LogP contribution in [-0.2, 0) is 6.54 Å². The lowest BCUT2D eigenvalue weighted by atomic mass is 9.71. The average Bonchev–Trinajstić information content (AvgIpc) is 2.48. The van der Waals surface area contributed by atoms with Crippen LogP contribution >= 0.6 is 0 Å². The minimum absolute atomic E-state index is 0.364. The van der Waals surface area contributed by atoms with Crippen molar-refractivity contribution in [2.24, 2.45) is 11.7 Å². The fourth-order valence-corrected chi connectivity index (χ4v) is 3.92. The van der Waals surface area contributed by atoms with E-state index in [4.69, 9.17) is 5.73 Å². The Bertz CT molecular complexity index is 531. The summed E-state index contributed by atoms with van der Waals surface area (Å²) in [6.45, 7) is 2.55. The zero-order valence-corrected chi connectivity index (χ0v) is 12.4. The average molecular weight is 288 g/mol. The Labute approximate surface area is 125 Å². The van der Waals surface area contributed by atoms with E-state index in [0.717, 1.165) is 50.9 Å². The van der Waals surface area contributed by atoms with Crippen molar-refractivity contribution in [3.63, 3.8) is 0 Å². The largest absolute Gasteiger partial charge is 0.390 e. The smallest absolute Gasteiger partial charge is 0.249 e. The van der Waals surface area contributed by atoms with Gasteiger partial charge in [0.2, 0.25) is 5.91 Å². The minimum Gasteiger partial charge on any atom is -0.390 e. The molecule has 1 aromatic carbocycles. The van der Waals surface area contributed by atoms with Crippen LogP contribution in [0.15, 0.2) is 24.3 Å². The van der Waals surface area contributed by atoms with Crippen molar-refractivity contribution in [1.82, 2.24) is 4.90 Å². The zero-order chi connectivity index (χ0) is 14.9. The number of aliphatic hydroxyl groups is 1. The molecule has 1 aromatic rings. The van der Waals surface area contributed by atoms with Gasteiger partial charge in [0.15, 0.2) is 0 Å². The van der Waals surface area contributed by atoms with Crippen LogP contribution in [0.4, 0.5) is 0 Å². The maximum Gasteiger partial charge on any atom is 0.249 e. The molecule has 2 fully saturated rings. The molecular formula is C17H24N2O2. The maximum absolute atomic E-state index is 11.5. The molecule has 0 aromatic heterocycles. The Morgan fingerprint density at radius 2 is 2.14 bits per heavy atom. The van der Waals surface area contributed by atoms with Crippen molar-refractivity contribution in [2.45, 2.75) is 44.2 Å². The van der Waals surface area contributed by atoms with Crippen LogP contribution in [-0.4, -0.2) is 34.6 Å². The second-order valence-electron chi connectivity index (χ2n) is 6.55. The fraction of sp³-hybridized carbons (Fsp3) is 0.588. The van der Waals surface area contributed by atoms with E-state index in [1.807, 2.05) is 18.2 Å². The van der Waals surface area contributed by atoms with E-state index >= 15 is 0 Å². The van der Waals surface area contributed by atoms with Crippen LogP contribution in [0.5, 0.6) is 0 Å². The van der Waals surface area contributed by atoms with Gasteiger partial charge in [-0.15, -0.1) is 0 Å². The third-order valence-corrected chi connectivity index (χ3v) is 5.19. The van der Waals surface area contributed by atoms with Gasteiger partial charge in [0.1, 0.15) is 0 Å². The predicted molar refractivity (Wildman–Crippen MR) is 81.8 cm³/mol. The van der Waals surface area contributed by atoms with Crippen LogP contribution < -0.4 is 5.73 Å². The van der Waals surface area contributed by atoms with Crippen LogP contribution in [0.2, 0.25) is 0 Å². The highest BCUT2D eigenvalue weighted by Gasteiger charge is 2.42. The highest BCUT2D eigenvalue weighted by molar-refractivity contribution is 5.94. The van der Waals surface area contributed by atoms with Crippen molar-refractivity contribution in [3.8, 4) is 0 Å². The minimum atomic E-state index is -0.446. The molecule has 1 aliphatic heterocycles. The maximum atomic E-state index is 11.5. The summed E-state index contributed by atoms with van der Waals surface area (Å²) < 4.78 is 0. The van der Waals surface area contributed by atoms with Crippen molar-refractivity contribution in [1.29, 1.82) is 0 Å². The van der Waals surface area contributed by atoms with E-state index < -0.39 is 5.60 Å². The van der Waals surface area contributed by atoms with Gasteiger partial charge >= 0.3 is 0 Å². The van der Waals surface area contributed by atoms with Gasteiger partial charge in [-0.2, -0.15) is 0 Å². The lowest BCUT2D eigenvalue weighted by Gasteiger charge is -2.47. The molecule has 3 rings (SSSR count). The summed E-state index contributed by atoms with van der Waals surface area (Å²) in [6.07, 6.45) is 5.28. The molecule has 2 atom stereocenters. The molecular weight excluding hydrogens is 264 g/mol. The molecule has 3 N–H and O–H groups in total. The molecule has 1 saturated heterocycles. The van der Waals surface area contributed by atoms with E-state index in [2.05, 4.69) is 4.90 Å². The van der Waals surface area contributed by atoms with Gasteiger partial charge in [-0.1, -0.05) is 31.0 Å². The van der Waals surface area contributed by atoms with Gasteiger partial charge in [0.05, 0.1) is 5.60 Å². The SMILES string of the molecule is NC(=O)c1ccccc1CN1CCC2(O)CCCCC2C1. The van der Waals surface area contributed by atoms with Gasteiger partial charge in [-0.25, -0.2) is 0 Å². The van der Waals surface area contributed by atoms with Crippen molar-refractivity contribution in [2.75, 3.05) is 13.1 Å². The third-order valence-electron chi connectivity index (χ3n) is 5.19. The van der Waals surface area contributed by atoms with Crippen molar-refractivity contribution in [3.05, 3.63) is 35.4 Å². The molecule has 1 aliphatic carbocycles. The van der Waals surface area contributed by atoms with Crippen LogP contribution in [0.25, 0.3) is 0 Å². The van der Waals surface area contributed by atoms with E-state index in [0.29, 0.717) is 11.5 Å². The summed E-state index contributed by atoms with van der Waals surface area (Å²) in [4.78, 5) is 13.9. The summed E-state index contributed by atoms with van der Waals surface area (Å²) in [5.41, 5.74) is 6.61. The number of fused-ring (bicyclic) bond motifs is 1. The summed E-state index contributed by atoms with van der Waals surface area (Å²) in [7, 11) is 0. The lowest BCUT2D eigenvalue weighted by molar-refractivity contribution is -0.0968. The molecule has 4 heteroatoms. The molecule has 21 heavy (non-hydrogen) atoms. The molecule has 114 valence electrons. The number of benzene rings is 1. The highest BCUT2D eigenvalue weighted by Crippen LogP contribution is 2.40. The second kappa shape index (κ2) is 5.78. The fourth-order valence-electron chi connectivity index (χ4n) is 3.92. The first-order valence-corrected chi connectivity index (χ1v) is 7.91. The summed E-state index contributed by atoms with van der Waals surface area (Å²) in [5.74, 6) is 0.0116. The zero-order valence-electron chi connectivity index (χ0n) is 12.4. The molecule has 1 saturated carbocycles. The first-order valence-electron chi connectivity index (χ1n) is 7.91. The van der Waals surface area contributed by atoms with E-state index in [1.54, 1.807) is 6.07 Å². The molecule has 1 amide bonds. The highest BCUT2D eigenvalue weighted by atomic mass is 16.3. The summed E-state index contributed by atoms with van der Waals surface area (Å²) in [6, 6.07) is 7.56. The van der Waals surface area contributed by atoms with Gasteiger partial charge in [0.25, 0.3) is 0 Å². The van der Waals surface area contributed by atoms with E-state index in [9.17, 15) is 9.90 Å². The van der Waals surface area contributed by atoms with E-state index in [-0.39, 0.29) is 5.91 Å². The monoisotopic (exact) mass is 288 g/mol. The number of carbonyl (C=O) groups is 1. The number of likely N-dealkylation sites (tertiary alicyclic amines) is 1. The lowest BCUT2D eigenvalue weighted by Crippen LogP contribution is -2.53. The van der Waals surface area contributed by atoms with Crippen LogP contribution in [0.3, 0.4) is 0 Å². The Morgan fingerprint density at radius 3 is 2.95 bits per heavy atom. The Hall–Kier alpha value is -1.39. The number of primary amides is 1. The molecule has 2 aliphatic rings. The number of piperidine rings is 1. The third kappa shape index (κ3) is 2.97. The van der Waals surface area contributed by atoms with Crippen molar-refractivity contribution < 1.29 is 9.90 Å². The summed E-state index contributed by atoms with van der Waals surface area (Å²) >= 11 is 0. The quantitative estimate of drug-likeness (QED) is 0.893. The number of carbonyl (C=O) groups excluding carboxylic acids is 1.